The summed E-state index contributed by atoms with van der Waals surface area (Å²) in [5.74, 6) is 0.952. The monoisotopic (exact) mass is 289 g/mol. The topological polar surface area (TPSA) is 81.8 Å². The van der Waals surface area contributed by atoms with Gasteiger partial charge in [0.2, 0.25) is 5.75 Å². The molecule has 2 rings (SSSR count). The van der Waals surface area contributed by atoms with Crippen LogP contribution in [-0.4, -0.2) is 17.1 Å². The Kier molecular flexibility index (Phi) is 4.39. The molecule has 110 valence electrons. The minimum atomic E-state index is -0.788. The van der Waals surface area contributed by atoms with Gasteiger partial charge in [-0.25, -0.2) is 0 Å². The number of nitrogens with zero attached hydrogens (tertiary/aromatic N) is 1. The van der Waals surface area contributed by atoms with Gasteiger partial charge in [-0.3, -0.25) is 10.1 Å². The van der Waals surface area contributed by atoms with Crippen LogP contribution in [-0.2, 0) is 0 Å². The Hall–Kier alpha value is -2.60. The second kappa shape index (κ2) is 6.23. The van der Waals surface area contributed by atoms with Gasteiger partial charge in [0.25, 0.3) is 0 Å². The summed E-state index contributed by atoms with van der Waals surface area (Å²) in [7, 11) is 1.49. The molecule has 2 aromatic rings. The van der Waals surface area contributed by atoms with Crippen LogP contribution in [0.15, 0.2) is 42.5 Å². The molecule has 2 aromatic carbocycles. The Balaban J connectivity index is 2.42. The van der Waals surface area contributed by atoms with E-state index in [4.69, 9.17) is 9.47 Å². The van der Waals surface area contributed by atoms with Gasteiger partial charge in [-0.05, 0) is 30.7 Å². The van der Waals surface area contributed by atoms with Gasteiger partial charge in [-0.1, -0.05) is 18.2 Å². The summed E-state index contributed by atoms with van der Waals surface area (Å²) in [5, 5.41) is 20.7. The van der Waals surface area contributed by atoms with Gasteiger partial charge in [0, 0.05) is 6.07 Å². The molecule has 0 aliphatic carbocycles. The number of nitro benzene ring substituents is 1. The second-order valence-corrected chi connectivity index (χ2v) is 4.41. The Labute approximate surface area is 121 Å². The third kappa shape index (κ3) is 3.29. The van der Waals surface area contributed by atoms with E-state index in [-0.39, 0.29) is 11.4 Å². The molecule has 1 N–H and O–H groups in total. The van der Waals surface area contributed by atoms with Crippen molar-refractivity contribution in [2.45, 2.75) is 13.0 Å². The number of rotatable bonds is 5. The molecule has 0 aliphatic heterocycles. The highest BCUT2D eigenvalue weighted by Gasteiger charge is 2.19. The smallest absolute Gasteiger partial charge is 0.311 e. The van der Waals surface area contributed by atoms with Crippen molar-refractivity contribution in [3.05, 3.63) is 58.1 Å². The summed E-state index contributed by atoms with van der Waals surface area (Å²) in [4.78, 5) is 10.6. The lowest BCUT2D eigenvalue weighted by Crippen LogP contribution is -1.98. The van der Waals surface area contributed by atoms with Crippen LogP contribution in [0.4, 0.5) is 5.69 Å². The lowest BCUT2D eigenvalue weighted by Gasteiger charge is -2.11. The van der Waals surface area contributed by atoms with Crippen LogP contribution in [0.25, 0.3) is 0 Å². The number of methoxy groups -OCH3 is 1. The number of nitro groups is 1. The van der Waals surface area contributed by atoms with Crippen LogP contribution in [0.3, 0.4) is 0 Å². The van der Waals surface area contributed by atoms with E-state index in [1.807, 2.05) is 0 Å². The number of benzene rings is 2. The van der Waals surface area contributed by atoms with Gasteiger partial charge in [0.05, 0.1) is 18.1 Å². The molecule has 0 spiro atoms. The van der Waals surface area contributed by atoms with Crippen molar-refractivity contribution in [3.8, 4) is 17.2 Å². The van der Waals surface area contributed by atoms with Crippen LogP contribution in [0.5, 0.6) is 17.2 Å². The summed E-state index contributed by atoms with van der Waals surface area (Å²) < 4.78 is 10.7. The van der Waals surface area contributed by atoms with Gasteiger partial charge in [0.1, 0.15) is 0 Å². The number of hydrogen-bond acceptors (Lipinski definition) is 5. The van der Waals surface area contributed by atoms with Crippen LogP contribution in [0, 0.1) is 10.1 Å². The highest BCUT2D eigenvalue weighted by atomic mass is 16.6. The first-order valence-electron chi connectivity index (χ1n) is 6.30. The fourth-order valence-electron chi connectivity index (χ4n) is 1.84. The van der Waals surface area contributed by atoms with Crippen LogP contribution >= 0.6 is 0 Å². The molecule has 21 heavy (non-hydrogen) atoms. The van der Waals surface area contributed by atoms with Gasteiger partial charge < -0.3 is 14.6 Å². The third-order valence-electron chi connectivity index (χ3n) is 2.95. The minimum Gasteiger partial charge on any atom is -0.493 e. The molecule has 0 bridgehead atoms. The maximum absolute atomic E-state index is 11.2. The molecule has 0 saturated carbocycles. The molecular formula is C15H15NO5. The van der Waals surface area contributed by atoms with Crippen LogP contribution < -0.4 is 9.47 Å². The maximum Gasteiger partial charge on any atom is 0.311 e. The molecule has 0 unspecified atom stereocenters. The number of aliphatic hydroxyl groups excluding tert-OH is 1. The predicted molar refractivity (Wildman–Crippen MR) is 76.8 cm³/mol. The van der Waals surface area contributed by atoms with Crippen molar-refractivity contribution in [2.75, 3.05) is 7.11 Å². The Morgan fingerprint density at radius 3 is 2.38 bits per heavy atom. The highest BCUT2D eigenvalue weighted by molar-refractivity contribution is 5.52. The number of hydrogen-bond donors (Lipinski definition) is 1. The van der Waals surface area contributed by atoms with E-state index >= 15 is 0 Å². The molecule has 1 atom stereocenters. The number of para-hydroxylation sites is 2. The molecule has 0 fully saturated rings. The SMILES string of the molecule is COc1ccccc1Oc1ccc([C@H](C)O)cc1[N+](=O)[O-]. The van der Waals surface area contributed by atoms with E-state index in [1.165, 1.54) is 19.2 Å². The van der Waals surface area contributed by atoms with E-state index in [9.17, 15) is 15.2 Å². The fraction of sp³-hybridized carbons (Fsp3) is 0.200. The number of aliphatic hydroxyl groups is 1. The first kappa shape index (κ1) is 14.8. The van der Waals surface area contributed by atoms with Crippen molar-refractivity contribution in [1.29, 1.82) is 0 Å². The van der Waals surface area contributed by atoms with E-state index in [0.717, 1.165) is 0 Å². The normalized spacial score (nSPS) is 11.8. The molecule has 6 heteroatoms. The lowest BCUT2D eigenvalue weighted by molar-refractivity contribution is -0.385. The fourth-order valence-corrected chi connectivity index (χ4v) is 1.84. The van der Waals surface area contributed by atoms with Gasteiger partial charge in [0.15, 0.2) is 11.5 Å². The Morgan fingerprint density at radius 2 is 1.81 bits per heavy atom. The molecule has 6 nitrogen and oxygen atoms in total. The highest BCUT2D eigenvalue weighted by Crippen LogP contribution is 2.37. The lowest BCUT2D eigenvalue weighted by atomic mass is 10.1. The molecule has 0 aliphatic rings. The first-order valence-corrected chi connectivity index (χ1v) is 6.30. The summed E-state index contributed by atoms with van der Waals surface area (Å²) >= 11 is 0. The van der Waals surface area contributed by atoms with Gasteiger partial charge in [-0.15, -0.1) is 0 Å². The Bertz CT molecular complexity index is 654. The van der Waals surface area contributed by atoms with Crippen molar-refractivity contribution >= 4 is 5.69 Å². The van der Waals surface area contributed by atoms with Crippen LogP contribution in [0.1, 0.15) is 18.6 Å². The molecule has 0 radical (unpaired) electrons. The zero-order valence-corrected chi connectivity index (χ0v) is 11.6. The number of ether oxygens (including phenoxy) is 2. The van der Waals surface area contributed by atoms with Crippen molar-refractivity contribution in [1.82, 2.24) is 0 Å². The summed E-state index contributed by atoms with van der Waals surface area (Å²) in [5.41, 5.74) is 0.244. The maximum atomic E-state index is 11.2. The zero-order chi connectivity index (χ0) is 15.4. The van der Waals surface area contributed by atoms with E-state index in [2.05, 4.69) is 0 Å². The van der Waals surface area contributed by atoms with E-state index in [0.29, 0.717) is 17.1 Å². The van der Waals surface area contributed by atoms with Crippen LogP contribution in [0.2, 0.25) is 0 Å². The van der Waals surface area contributed by atoms with E-state index < -0.39 is 11.0 Å². The molecular weight excluding hydrogens is 274 g/mol. The molecule has 0 aromatic heterocycles. The third-order valence-corrected chi connectivity index (χ3v) is 2.95. The summed E-state index contributed by atoms with van der Waals surface area (Å²) in [6.45, 7) is 1.54. The molecule has 0 amide bonds. The first-order chi connectivity index (χ1) is 10.0. The van der Waals surface area contributed by atoms with Crippen molar-refractivity contribution < 1.29 is 19.5 Å². The standard InChI is InChI=1S/C15H15NO5/c1-10(17)11-7-8-13(12(9-11)16(18)19)21-15-6-4-3-5-14(15)20-2/h3-10,17H,1-2H3/t10-/m0/s1. The Morgan fingerprint density at radius 1 is 1.14 bits per heavy atom. The van der Waals surface area contributed by atoms with Crippen molar-refractivity contribution in [3.63, 3.8) is 0 Å². The summed E-state index contributed by atoms with van der Waals surface area (Å²) in [6.07, 6.45) is -0.788. The largest absolute Gasteiger partial charge is 0.493 e. The second-order valence-electron chi connectivity index (χ2n) is 4.41. The average molecular weight is 289 g/mol. The average Bonchev–Trinajstić information content (AvgIpc) is 2.47. The van der Waals surface area contributed by atoms with Gasteiger partial charge in [-0.2, -0.15) is 0 Å². The molecule has 0 saturated heterocycles. The minimum absolute atomic E-state index is 0.0916. The summed E-state index contributed by atoms with van der Waals surface area (Å²) in [6, 6.07) is 11.2. The zero-order valence-electron chi connectivity index (χ0n) is 11.6. The molecule has 0 heterocycles. The van der Waals surface area contributed by atoms with Crippen molar-refractivity contribution in [2.24, 2.45) is 0 Å². The van der Waals surface area contributed by atoms with Gasteiger partial charge >= 0.3 is 5.69 Å². The quantitative estimate of drug-likeness (QED) is 0.673. The predicted octanol–water partition coefficient (Wildman–Crippen LogP) is 3.45. The van der Waals surface area contributed by atoms with E-state index in [1.54, 1.807) is 37.3 Å².